The van der Waals surface area contributed by atoms with E-state index in [0.717, 1.165) is 44.4 Å². The van der Waals surface area contributed by atoms with Crippen molar-refractivity contribution in [2.75, 3.05) is 39.9 Å². The highest BCUT2D eigenvalue weighted by Crippen LogP contribution is 2.47. The predicted octanol–water partition coefficient (Wildman–Crippen LogP) is 4.06. The van der Waals surface area contributed by atoms with E-state index in [-0.39, 0.29) is 24.0 Å². The molecule has 0 radical (unpaired) electrons. The van der Waals surface area contributed by atoms with Gasteiger partial charge in [0.25, 0.3) is 0 Å². The second-order valence-corrected chi connectivity index (χ2v) is 7.51. The Bertz CT molecular complexity index is 588. The highest BCUT2D eigenvalue weighted by atomic mass is 127. The number of hydrogen-bond donors (Lipinski definition) is 1. The number of hydrogen-bond acceptors (Lipinski definition) is 3. The molecule has 1 aromatic carbocycles. The fraction of sp³-hybridized carbons (Fsp3) is 0.667. The number of likely N-dealkylation sites (tertiary alicyclic amines) is 1. The Hall–Kier alpha value is -1.02. The van der Waals surface area contributed by atoms with E-state index < -0.39 is 0 Å². The molecule has 1 spiro atoms. The standard InChI is InChI=1S/C21H33N3O2.HI/c1-3-22-20(24-14-12-21(17-24)10-4-11-21)23-13-5-15-26-16-18-6-8-19(25-2)9-7-18;/h6-9H,3-5,10-17H2,1-2H3,(H,22,23);1H. The lowest BCUT2D eigenvalue weighted by molar-refractivity contribution is 0.120. The monoisotopic (exact) mass is 487 g/mol. The Labute approximate surface area is 180 Å². The quantitative estimate of drug-likeness (QED) is 0.260. The molecule has 6 heteroatoms. The van der Waals surface area contributed by atoms with Crippen LogP contribution in [0.1, 0.15) is 44.6 Å². The van der Waals surface area contributed by atoms with Crippen molar-refractivity contribution in [1.29, 1.82) is 0 Å². The number of rotatable bonds is 8. The second-order valence-electron chi connectivity index (χ2n) is 7.51. The molecule has 1 aliphatic carbocycles. The van der Waals surface area contributed by atoms with E-state index in [9.17, 15) is 0 Å². The molecule has 2 aliphatic rings. The molecule has 1 saturated heterocycles. The number of nitrogens with zero attached hydrogens (tertiary/aromatic N) is 2. The van der Waals surface area contributed by atoms with Crippen LogP contribution in [0.25, 0.3) is 0 Å². The molecule has 27 heavy (non-hydrogen) atoms. The van der Waals surface area contributed by atoms with Gasteiger partial charge in [0.1, 0.15) is 5.75 Å². The van der Waals surface area contributed by atoms with Gasteiger partial charge >= 0.3 is 0 Å². The molecule has 0 aromatic heterocycles. The molecular formula is C21H34IN3O2. The molecule has 1 saturated carbocycles. The maximum absolute atomic E-state index is 5.78. The third-order valence-electron chi connectivity index (χ3n) is 5.62. The van der Waals surface area contributed by atoms with Gasteiger partial charge in [-0.2, -0.15) is 0 Å². The van der Waals surface area contributed by atoms with E-state index in [1.165, 1.54) is 37.8 Å². The van der Waals surface area contributed by atoms with Gasteiger partial charge in [-0.1, -0.05) is 18.6 Å². The molecule has 1 aromatic rings. The third kappa shape index (κ3) is 6.24. The number of halogens is 1. The maximum atomic E-state index is 5.78. The number of benzene rings is 1. The van der Waals surface area contributed by atoms with Gasteiger partial charge in [0, 0.05) is 32.8 Å². The summed E-state index contributed by atoms with van der Waals surface area (Å²) in [5.74, 6) is 1.97. The number of ether oxygens (including phenoxy) is 2. The highest BCUT2D eigenvalue weighted by molar-refractivity contribution is 14.0. The van der Waals surface area contributed by atoms with E-state index in [1.54, 1.807) is 7.11 Å². The van der Waals surface area contributed by atoms with Crippen LogP contribution in [-0.2, 0) is 11.3 Å². The van der Waals surface area contributed by atoms with Crippen LogP contribution < -0.4 is 10.1 Å². The van der Waals surface area contributed by atoms with Crippen LogP contribution in [0, 0.1) is 5.41 Å². The molecular weight excluding hydrogens is 453 g/mol. The number of nitrogens with one attached hydrogen (secondary N) is 1. The minimum Gasteiger partial charge on any atom is -0.497 e. The molecule has 0 amide bonds. The predicted molar refractivity (Wildman–Crippen MR) is 121 cm³/mol. The molecule has 1 aliphatic heterocycles. The van der Waals surface area contributed by atoms with Gasteiger partial charge in [0.05, 0.1) is 13.7 Å². The average molecular weight is 487 g/mol. The second kappa shape index (κ2) is 11.1. The van der Waals surface area contributed by atoms with Crippen LogP contribution in [0.15, 0.2) is 29.3 Å². The summed E-state index contributed by atoms with van der Waals surface area (Å²) in [6, 6.07) is 8.03. The van der Waals surface area contributed by atoms with Crippen LogP contribution in [-0.4, -0.2) is 50.8 Å². The van der Waals surface area contributed by atoms with E-state index in [0.29, 0.717) is 12.0 Å². The van der Waals surface area contributed by atoms with E-state index in [4.69, 9.17) is 14.5 Å². The normalized spacial score (nSPS) is 18.1. The van der Waals surface area contributed by atoms with Gasteiger partial charge in [-0.15, -0.1) is 24.0 Å². The van der Waals surface area contributed by atoms with Crippen molar-refractivity contribution in [2.24, 2.45) is 10.4 Å². The van der Waals surface area contributed by atoms with Gasteiger partial charge in [-0.25, -0.2) is 0 Å². The first-order chi connectivity index (χ1) is 12.7. The Morgan fingerprint density at radius 2 is 2.00 bits per heavy atom. The Kier molecular flexibility index (Phi) is 9.15. The number of aliphatic imine (C=N–C) groups is 1. The van der Waals surface area contributed by atoms with Crippen molar-refractivity contribution in [1.82, 2.24) is 10.2 Å². The molecule has 5 nitrogen and oxygen atoms in total. The number of methoxy groups -OCH3 is 1. The first-order valence-corrected chi connectivity index (χ1v) is 9.99. The molecule has 152 valence electrons. The van der Waals surface area contributed by atoms with Crippen LogP contribution in [0.5, 0.6) is 5.75 Å². The van der Waals surface area contributed by atoms with Crippen molar-refractivity contribution in [2.45, 2.75) is 45.6 Å². The fourth-order valence-corrected chi connectivity index (χ4v) is 3.89. The lowest BCUT2D eigenvalue weighted by Crippen LogP contribution is -2.42. The van der Waals surface area contributed by atoms with Crippen molar-refractivity contribution in [3.8, 4) is 5.75 Å². The van der Waals surface area contributed by atoms with E-state index in [1.807, 2.05) is 24.3 Å². The van der Waals surface area contributed by atoms with Crippen LogP contribution in [0.2, 0.25) is 0 Å². The fourth-order valence-electron chi connectivity index (χ4n) is 3.89. The van der Waals surface area contributed by atoms with E-state index in [2.05, 4.69) is 17.1 Å². The van der Waals surface area contributed by atoms with Crippen LogP contribution >= 0.6 is 24.0 Å². The molecule has 0 atom stereocenters. The SMILES string of the molecule is CCNC(=NCCCOCc1ccc(OC)cc1)N1CCC2(CCC2)C1.I. The summed E-state index contributed by atoms with van der Waals surface area (Å²) in [6.45, 7) is 7.60. The zero-order valence-corrected chi connectivity index (χ0v) is 19.0. The van der Waals surface area contributed by atoms with Crippen molar-refractivity contribution in [3.63, 3.8) is 0 Å². The molecule has 0 unspecified atom stereocenters. The minimum absolute atomic E-state index is 0. The first-order valence-electron chi connectivity index (χ1n) is 9.99. The van der Waals surface area contributed by atoms with Gasteiger partial charge in [0.2, 0.25) is 0 Å². The van der Waals surface area contributed by atoms with Crippen LogP contribution in [0.4, 0.5) is 0 Å². The summed E-state index contributed by atoms with van der Waals surface area (Å²) in [5.41, 5.74) is 1.78. The average Bonchev–Trinajstić information content (AvgIpc) is 3.10. The molecule has 0 bridgehead atoms. The summed E-state index contributed by atoms with van der Waals surface area (Å²) in [5, 5.41) is 3.46. The smallest absolute Gasteiger partial charge is 0.193 e. The molecule has 2 fully saturated rings. The lowest BCUT2D eigenvalue weighted by atomic mass is 9.68. The molecule has 3 rings (SSSR count). The zero-order chi connectivity index (χ0) is 18.2. The summed E-state index contributed by atoms with van der Waals surface area (Å²) in [4.78, 5) is 7.28. The van der Waals surface area contributed by atoms with Gasteiger partial charge in [-0.3, -0.25) is 4.99 Å². The topological polar surface area (TPSA) is 46.1 Å². The maximum Gasteiger partial charge on any atom is 0.193 e. The number of guanidine groups is 1. The van der Waals surface area contributed by atoms with Gasteiger partial charge < -0.3 is 19.7 Å². The van der Waals surface area contributed by atoms with E-state index >= 15 is 0 Å². The van der Waals surface area contributed by atoms with Gasteiger partial charge in [-0.05, 0) is 55.7 Å². The lowest BCUT2D eigenvalue weighted by Gasteiger charge is -2.38. The third-order valence-corrected chi connectivity index (χ3v) is 5.62. The Morgan fingerprint density at radius 1 is 1.22 bits per heavy atom. The Balaban J connectivity index is 0.00000261. The summed E-state index contributed by atoms with van der Waals surface area (Å²) < 4.78 is 10.9. The van der Waals surface area contributed by atoms with Crippen molar-refractivity contribution < 1.29 is 9.47 Å². The molecule has 1 N–H and O–H groups in total. The first kappa shape index (κ1) is 22.3. The minimum atomic E-state index is 0. The van der Waals surface area contributed by atoms with Crippen molar-refractivity contribution in [3.05, 3.63) is 29.8 Å². The zero-order valence-electron chi connectivity index (χ0n) is 16.7. The summed E-state index contributed by atoms with van der Waals surface area (Å²) in [7, 11) is 1.68. The Morgan fingerprint density at radius 3 is 2.59 bits per heavy atom. The van der Waals surface area contributed by atoms with Crippen LogP contribution in [0.3, 0.4) is 0 Å². The largest absolute Gasteiger partial charge is 0.497 e. The molecule has 1 heterocycles. The highest BCUT2D eigenvalue weighted by Gasteiger charge is 2.43. The van der Waals surface area contributed by atoms with Crippen molar-refractivity contribution >= 4 is 29.9 Å². The summed E-state index contributed by atoms with van der Waals surface area (Å²) in [6.07, 6.45) is 6.50. The summed E-state index contributed by atoms with van der Waals surface area (Å²) >= 11 is 0. The van der Waals surface area contributed by atoms with Gasteiger partial charge in [0.15, 0.2) is 5.96 Å².